The number of aromatic nitrogens is 3. The zero-order valence-electron chi connectivity index (χ0n) is 30.8. The lowest BCUT2D eigenvalue weighted by Gasteiger charge is -2.18. The molecule has 0 fully saturated rings. The van der Waals surface area contributed by atoms with Crippen LogP contribution in [0.3, 0.4) is 0 Å². The average molecular weight is 744 g/mol. The van der Waals surface area contributed by atoms with Crippen molar-refractivity contribution in [3.05, 3.63) is 200 Å². The zero-order valence-corrected chi connectivity index (χ0v) is 31.6. The molecule has 0 saturated carbocycles. The lowest BCUT2D eigenvalue weighted by Crippen LogP contribution is -2.00. The van der Waals surface area contributed by atoms with Gasteiger partial charge in [-0.05, 0) is 73.1 Å². The number of hydrogen-bond donors (Lipinski definition) is 0. The number of fused-ring (bicyclic) bond motifs is 5. The Morgan fingerprint density at radius 2 is 0.719 bits per heavy atom. The summed E-state index contributed by atoms with van der Waals surface area (Å²) in [4.78, 5) is 15.7. The van der Waals surface area contributed by atoms with Gasteiger partial charge in [0.15, 0.2) is 17.5 Å². The van der Waals surface area contributed by atoms with Crippen molar-refractivity contribution < 1.29 is 0 Å². The van der Waals surface area contributed by atoms with E-state index in [0.29, 0.717) is 17.5 Å². The molecule has 9 aromatic carbocycles. The fourth-order valence-corrected chi connectivity index (χ4v) is 9.50. The molecule has 4 heteroatoms. The third kappa shape index (κ3) is 5.78. The normalized spacial score (nSPS) is 11.5. The maximum Gasteiger partial charge on any atom is 0.165 e. The molecule has 266 valence electrons. The summed E-state index contributed by atoms with van der Waals surface area (Å²) in [5.41, 5.74) is 9.97. The number of rotatable bonds is 6. The minimum absolute atomic E-state index is 0.636. The van der Waals surface area contributed by atoms with Gasteiger partial charge in [0.2, 0.25) is 0 Å². The molecular formula is C53H33N3S. The Hall–Kier alpha value is -7.27. The Morgan fingerprint density at radius 1 is 0.281 bits per heavy atom. The first kappa shape index (κ1) is 33.1. The van der Waals surface area contributed by atoms with E-state index in [4.69, 9.17) is 15.0 Å². The lowest BCUT2D eigenvalue weighted by atomic mass is 9.86. The number of thiophene rings is 1. The Morgan fingerprint density at radius 3 is 1.39 bits per heavy atom. The summed E-state index contributed by atoms with van der Waals surface area (Å²) in [7, 11) is 0. The van der Waals surface area contributed by atoms with Gasteiger partial charge < -0.3 is 0 Å². The second kappa shape index (κ2) is 13.8. The summed E-state index contributed by atoms with van der Waals surface area (Å²) in [5.74, 6) is 1.94. The van der Waals surface area contributed by atoms with Gasteiger partial charge in [-0.25, -0.2) is 15.0 Å². The minimum atomic E-state index is 0.636. The highest BCUT2D eigenvalue weighted by Crippen LogP contribution is 2.44. The molecule has 2 aromatic heterocycles. The Kier molecular flexibility index (Phi) is 8.01. The zero-order chi connectivity index (χ0) is 37.7. The van der Waals surface area contributed by atoms with E-state index in [-0.39, 0.29) is 0 Å². The molecule has 0 amide bonds. The van der Waals surface area contributed by atoms with Crippen LogP contribution >= 0.6 is 11.3 Å². The highest BCUT2D eigenvalue weighted by molar-refractivity contribution is 7.26. The molecule has 0 atom stereocenters. The monoisotopic (exact) mass is 743 g/mol. The molecule has 0 aliphatic heterocycles. The van der Waals surface area contributed by atoms with E-state index in [1.165, 1.54) is 64.0 Å². The molecule has 0 radical (unpaired) electrons. The summed E-state index contributed by atoms with van der Waals surface area (Å²) in [6.45, 7) is 0. The van der Waals surface area contributed by atoms with Crippen molar-refractivity contribution in [2.24, 2.45) is 0 Å². The third-order valence-electron chi connectivity index (χ3n) is 10.9. The van der Waals surface area contributed by atoms with Gasteiger partial charge in [0.25, 0.3) is 0 Å². The number of benzene rings is 9. The van der Waals surface area contributed by atoms with E-state index < -0.39 is 0 Å². The molecule has 11 rings (SSSR count). The fourth-order valence-electron chi connectivity index (χ4n) is 8.29. The van der Waals surface area contributed by atoms with E-state index in [9.17, 15) is 0 Å². The van der Waals surface area contributed by atoms with Crippen LogP contribution in [-0.4, -0.2) is 15.0 Å². The lowest BCUT2D eigenvalue weighted by molar-refractivity contribution is 1.08. The van der Waals surface area contributed by atoms with E-state index in [0.717, 1.165) is 27.8 Å². The van der Waals surface area contributed by atoms with Crippen molar-refractivity contribution in [3.63, 3.8) is 0 Å². The Labute approximate surface area is 334 Å². The molecule has 0 spiro atoms. The molecule has 0 aliphatic rings. The van der Waals surface area contributed by atoms with Crippen molar-refractivity contribution >= 4 is 53.1 Å². The summed E-state index contributed by atoms with van der Waals surface area (Å²) in [6, 6.07) is 71.0. The van der Waals surface area contributed by atoms with Crippen molar-refractivity contribution in [1.29, 1.82) is 0 Å². The highest BCUT2D eigenvalue weighted by atomic mass is 32.1. The molecule has 0 aliphatic carbocycles. The standard InChI is InChI=1S/C53H33N3S/c1-3-15-34(16-4-1)35-29-31-37(32-30-35)51-54-52(56-53(55-51)46-27-14-26-45-40-21-11-12-28-47(40)57-50(45)46)39-20-13-19-38(33-39)49-43-24-9-7-22-41(43)48(36-17-5-2-6-18-36)42-23-8-10-25-44(42)49/h1-33H. The van der Waals surface area contributed by atoms with Crippen LogP contribution in [0.15, 0.2) is 200 Å². The molecule has 2 heterocycles. The van der Waals surface area contributed by atoms with E-state index in [2.05, 4.69) is 194 Å². The second-order valence-corrected chi connectivity index (χ2v) is 15.4. The predicted molar refractivity (Wildman–Crippen MR) is 240 cm³/mol. The van der Waals surface area contributed by atoms with Crippen LogP contribution in [0.4, 0.5) is 0 Å². The first-order chi connectivity index (χ1) is 28.3. The maximum atomic E-state index is 5.28. The van der Waals surface area contributed by atoms with Gasteiger partial charge in [-0.15, -0.1) is 11.3 Å². The molecule has 0 unspecified atom stereocenters. The van der Waals surface area contributed by atoms with Gasteiger partial charge in [-0.3, -0.25) is 0 Å². The predicted octanol–water partition coefficient (Wildman–Crippen LogP) is 14.5. The van der Waals surface area contributed by atoms with Crippen molar-refractivity contribution in [3.8, 4) is 67.5 Å². The summed E-state index contributed by atoms with van der Waals surface area (Å²) in [6.07, 6.45) is 0. The van der Waals surface area contributed by atoms with Crippen molar-refractivity contribution in [1.82, 2.24) is 15.0 Å². The summed E-state index contributed by atoms with van der Waals surface area (Å²) >= 11 is 1.79. The second-order valence-electron chi connectivity index (χ2n) is 14.3. The van der Waals surface area contributed by atoms with Gasteiger partial charge in [-0.1, -0.05) is 182 Å². The van der Waals surface area contributed by atoms with Crippen LogP contribution in [0.25, 0.3) is 109 Å². The largest absolute Gasteiger partial charge is 0.208 e. The summed E-state index contributed by atoms with van der Waals surface area (Å²) in [5, 5.41) is 7.32. The first-order valence-electron chi connectivity index (χ1n) is 19.2. The van der Waals surface area contributed by atoms with E-state index in [1.54, 1.807) is 11.3 Å². The van der Waals surface area contributed by atoms with Crippen LogP contribution < -0.4 is 0 Å². The van der Waals surface area contributed by atoms with Crippen LogP contribution in [0, 0.1) is 0 Å². The Balaban J connectivity index is 1.12. The molecular weight excluding hydrogens is 711 g/mol. The van der Waals surface area contributed by atoms with Gasteiger partial charge >= 0.3 is 0 Å². The molecule has 3 nitrogen and oxygen atoms in total. The maximum absolute atomic E-state index is 5.28. The minimum Gasteiger partial charge on any atom is -0.208 e. The topological polar surface area (TPSA) is 38.7 Å². The van der Waals surface area contributed by atoms with Crippen molar-refractivity contribution in [2.75, 3.05) is 0 Å². The highest BCUT2D eigenvalue weighted by Gasteiger charge is 2.19. The Bertz CT molecular complexity index is 3220. The molecule has 57 heavy (non-hydrogen) atoms. The molecule has 0 N–H and O–H groups in total. The van der Waals surface area contributed by atoms with Crippen LogP contribution in [0.5, 0.6) is 0 Å². The quantitative estimate of drug-likeness (QED) is 0.159. The van der Waals surface area contributed by atoms with Crippen LogP contribution in [-0.2, 0) is 0 Å². The van der Waals surface area contributed by atoms with Gasteiger partial charge in [0, 0.05) is 36.9 Å². The average Bonchev–Trinajstić information content (AvgIpc) is 3.68. The SMILES string of the molecule is c1ccc(-c2ccc(-c3nc(-c4cccc(-c5c6ccccc6c(-c6ccccc6)c6ccccc56)c4)nc(-c4cccc5c4sc4ccccc45)n3)cc2)cc1. The number of hydrogen-bond acceptors (Lipinski definition) is 4. The smallest absolute Gasteiger partial charge is 0.165 e. The number of nitrogens with zero attached hydrogens (tertiary/aromatic N) is 3. The first-order valence-corrected chi connectivity index (χ1v) is 20.0. The molecule has 0 saturated heterocycles. The van der Waals surface area contributed by atoms with Gasteiger partial charge in [-0.2, -0.15) is 0 Å². The van der Waals surface area contributed by atoms with Crippen LogP contribution in [0.2, 0.25) is 0 Å². The van der Waals surface area contributed by atoms with Crippen LogP contribution in [0.1, 0.15) is 0 Å². The molecule has 0 bridgehead atoms. The van der Waals surface area contributed by atoms with Crippen molar-refractivity contribution in [2.45, 2.75) is 0 Å². The van der Waals surface area contributed by atoms with E-state index >= 15 is 0 Å². The summed E-state index contributed by atoms with van der Waals surface area (Å²) < 4.78 is 2.42. The fraction of sp³-hybridized carbons (Fsp3) is 0. The van der Waals surface area contributed by atoms with Gasteiger partial charge in [0.05, 0.1) is 0 Å². The molecule has 11 aromatic rings. The van der Waals surface area contributed by atoms with E-state index in [1.807, 2.05) is 6.07 Å². The third-order valence-corrected chi connectivity index (χ3v) is 12.2. The van der Waals surface area contributed by atoms with Gasteiger partial charge in [0.1, 0.15) is 0 Å².